The second-order valence-electron chi connectivity index (χ2n) is 8.15. The molecule has 0 spiro atoms. The number of benzene rings is 1. The van der Waals surface area contributed by atoms with E-state index in [2.05, 4.69) is 35.9 Å². The molecule has 0 atom stereocenters. The van der Waals surface area contributed by atoms with E-state index < -0.39 is 0 Å². The first kappa shape index (κ1) is 22.2. The monoisotopic (exact) mass is 427 g/mol. The lowest BCUT2D eigenvalue weighted by atomic mass is 9.92. The van der Waals surface area contributed by atoms with Crippen LogP contribution in [0.1, 0.15) is 37.6 Å². The van der Waals surface area contributed by atoms with Crippen molar-refractivity contribution in [3.63, 3.8) is 0 Å². The predicted octanol–water partition coefficient (Wildman–Crippen LogP) is 3.73. The van der Waals surface area contributed by atoms with E-state index in [-0.39, 0.29) is 5.41 Å². The highest BCUT2D eigenvalue weighted by atomic mass is 16.5. The predicted molar refractivity (Wildman–Crippen MR) is 119 cm³/mol. The number of hydrogen-bond donors (Lipinski definition) is 1. The number of methoxy groups -OCH3 is 3. The number of ether oxygens (including phenoxy) is 3. The minimum absolute atomic E-state index is 0.118. The number of aromatic nitrogens is 3. The lowest BCUT2D eigenvalue weighted by Gasteiger charge is -2.16. The van der Waals surface area contributed by atoms with Crippen LogP contribution in [0.2, 0.25) is 0 Å². The smallest absolute Gasteiger partial charge is 0.234 e. The summed E-state index contributed by atoms with van der Waals surface area (Å²) < 4.78 is 21.7. The van der Waals surface area contributed by atoms with Crippen molar-refractivity contribution in [1.82, 2.24) is 15.1 Å². The second kappa shape index (κ2) is 8.71. The summed E-state index contributed by atoms with van der Waals surface area (Å²) in [6.45, 7) is 6.21. The van der Waals surface area contributed by atoms with Crippen molar-refractivity contribution in [1.29, 1.82) is 0 Å². The molecule has 1 aromatic carbocycles. The molecular weight excluding hydrogens is 398 g/mol. The summed E-state index contributed by atoms with van der Waals surface area (Å²) in [6, 6.07) is 5.64. The molecule has 9 heteroatoms. The lowest BCUT2D eigenvalue weighted by molar-refractivity contribution is 0.324. The summed E-state index contributed by atoms with van der Waals surface area (Å²) in [7, 11) is 6.54. The lowest BCUT2D eigenvalue weighted by Crippen LogP contribution is -2.15. The minimum Gasteiger partial charge on any atom is -0.493 e. The van der Waals surface area contributed by atoms with Crippen LogP contribution in [0.5, 0.6) is 17.2 Å². The molecule has 0 aliphatic heterocycles. The molecule has 0 amide bonds. The van der Waals surface area contributed by atoms with Gasteiger partial charge in [-0.25, -0.2) is 4.98 Å². The molecule has 2 N–H and O–H groups in total. The third kappa shape index (κ3) is 4.65. The van der Waals surface area contributed by atoms with E-state index in [9.17, 15) is 0 Å². The maximum atomic E-state index is 6.25. The highest BCUT2D eigenvalue weighted by Gasteiger charge is 2.22. The first-order chi connectivity index (χ1) is 14.7. The van der Waals surface area contributed by atoms with E-state index in [1.807, 2.05) is 18.2 Å². The summed E-state index contributed by atoms with van der Waals surface area (Å²) in [5, 5.41) is 4.14. The van der Waals surface area contributed by atoms with Crippen LogP contribution in [0.15, 0.2) is 28.9 Å². The van der Waals surface area contributed by atoms with Gasteiger partial charge in [0.05, 0.1) is 27.0 Å². The van der Waals surface area contributed by atoms with E-state index in [0.29, 0.717) is 41.3 Å². The fraction of sp³-hybridized carbons (Fsp3) is 0.409. The maximum absolute atomic E-state index is 6.25. The third-order valence-electron chi connectivity index (χ3n) is 4.90. The first-order valence-electron chi connectivity index (χ1n) is 9.79. The Kier molecular flexibility index (Phi) is 6.24. The summed E-state index contributed by atoms with van der Waals surface area (Å²) in [6.07, 6.45) is 2.21. The van der Waals surface area contributed by atoms with Crippen LogP contribution in [-0.2, 0) is 11.8 Å². The molecular formula is C22H29N5O4. The Labute approximate surface area is 182 Å². The molecule has 0 aliphatic rings. The molecule has 0 saturated carbocycles. The molecule has 0 bridgehead atoms. The van der Waals surface area contributed by atoms with Gasteiger partial charge < -0.3 is 24.5 Å². The van der Waals surface area contributed by atoms with Gasteiger partial charge in [0.15, 0.2) is 11.5 Å². The Morgan fingerprint density at radius 3 is 2.16 bits per heavy atom. The number of rotatable bonds is 7. The van der Waals surface area contributed by atoms with Crippen molar-refractivity contribution in [2.75, 3.05) is 39.0 Å². The van der Waals surface area contributed by atoms with E-state index >= 15 is 0 Å². The third-order valence-corrected chi connectivity index (χ3v) is 4.90. The van der Waals surface area contributed by atoms with Gasteiger partial charge in [-0.05, 0) is 17.7 Å². The number of nitrogens with zero attached hydrogens (tertiary/aromatic N) is 4. The van der Waals surface area contributed by atoms with Crippen molar-refractivity contribution in [3.05, 3.63) is 41.2 Å². The van der Waals surface area contributed by atoms with Gasteiger partial charge in [-0.15, -0.1) is 0 Å². The molecule has 2 aromatic heterocycles. The molecule has 3 aromatic rings. The van der Waals surface area contributed by atoms with Crippen LogP contribution in [0, 0.1) is 0 Å². The molecule has 31 heavy (non-hydrogen) atoms. The maximum Gasteiger partial charge on any atom is 0.234 e. The van der Waals surface area contributed by atoms with E-state index in [4.69, 9.17) is 24.5 Å². The van der Waals surface area contributed by atoms with Crippen LogP contribution >= 0.6 is 0 Å². The summed E-state index contributed by atoms with van der Waals surface area (Å²) in [4.78, 5) is 10.6. The molecule has 3 rings (SSSR count). The van der Waals surface area contributed by atoms with Crippen LogP contribution < -0.4 is 24.8 Å². The van der Waals surface area contributed by atoms with Gasteiger partial charge >= 0.3 is 0 Å². The van der Waals surface area contributed by atoms with Crippen molar-refractivity contribution in [2.45, 2.75) is 32.6 Å². The van der Waals surface area contributed by atoms with Gasteiger partial charge in [-0.3, -0.25) is 4.90 Å². The Morgan fingerprint density at radius 2 is 1.68 bits per heavy atom. The van der Waals surface area contributed by atoms with Crippen molar-refractivity contribution in [2.24, 2.45) is 0 Å². The topological polar surface area (TPSA) is 109 Å². The quantitative estimate of drug-likeness (QED) is 0.603. The van der Waals surface area contributed by atoms with Gasteiger partial charge in [0.1, 0.15) is 5.82 Å². The van der Waals surface area contributed by atoms with Gasteiger partial charge in [-0.2, -0.15) is 4.98 Å². The first-order valence-corrected chi connectivity index (χ1v) is 9.79. The molecule has 0 saturated heterocycles. The van der Waals surface area contributed by atoms with E-state index in [0.717, 1.165) is 16.8 Å². The SMILES string of the molecule is COc1cc(Cc2cnc(N(C)c3cc(C(C)(C)C)no3)nc2N)cc(OC)c1OC. The van der Waals surface area contributed by atoms with Gasteiger partial charge in [0, 0.05) is 36.7 Å². The standard InChI is InChI=1S/C22H29N5O4/c1-22(2,3)17-11-18(31-26-17)27(4)21-24-12-14(20(23)25-21)8-13-9-15(28-5)19(30-7)16(10-13)29-6/h9-12H,8H2,1-7H3,(H2,23,24,25). The Balaban J connectivity index is 1.85. The molecule has 0 unspecified atom stereocenters. The average Bonchev–Trinajstić information content (AvgIpc) is 3.24. The zero-order valence-electron chi connectivity index (χ0n) is 19.0. The van der Waals surface area contributed by atoms with E-state index in [1.54, 1.807) is 39.5 Å². The van der Waals surface area contributed by atoms with Crippen LogP contribution in [-0.4, -0.2) is 43.5 Å². The second-order valence-corrected chi connectivity index (χ2v) is 8.15. The molecule has 166 valence electrons. The van der Waals surface area contributed by atoms with Crippen molar-refractivity contribution in [3.8, 4) is 17.2 Å². The number of nitrogens with two attached hydrogens (primary N) is 1. The molecule has 0 aliphatic carbocycles. The van der Waals surface area contributed by atoms with E-state index in [1.165, 1.54) is 0 Å². The largest absolute Gasteiger partial charge is 0.493 e. The molecule has 0 fully saturated rings. The van der Waals surface area contributed by atoms with Crippen LogP contribution in [0.4, 0.5) is 17.7 Å². The molecule has 9 nitrogen and oxygen atoms in total. The number of anilines is 3. The van der Waals surface area contributed by atoms with Crippen molar-refractivity contribution >= 4 is 17.7 Å². The zero-order valence-corrected chi connectivity index (χ0v) is 19.0. The molecule has 0 radical (unpaired) electrons. The van der Waals surface area contributed by atoms with Crippen LogP contribution in [0.25, 0.3) is 0 Å². The highest BCUT2D eigenvalue weighted by molar-refractivity contribution is 5.57. The Bertz CT molecular complexity index is 1030. The highest BCUT2D eigenvalue weighted by Crippen LogP contribution is 2.39. The van der Waals surface area contributed by atoms with Gasteiger partial charge in [0.2, 0.25) is 17.6 Å². The summed E-state index contributed by atoms with van der Waals surface area (Å²) in [5.74, 6) is 3.03. The van der Waals surface area contributed by atoms with Crippen LogP contribution in [0.3, 0.4) is 0 Å². The Hall–Kier alpha value is -3.49. The normalized spacial score (nSPS) is 11.3. The van der Waals surface area contributed by atoms with Crippen molar-refractivity contribution < 1.29 is 18.7 Å². The fourth-order valence-electron chi connectivity index (χ4n) is 3.04. The fourth-order valence-corrected chi connectivity index (χ4v) is 3.04. The Morgan fingerprint density at radius 1 is 1.03 bits per heavy atom. The van der Waals surface area contributed by atoms with Gasteiger partial charge in [-0.1, -0.05) is 25.9 Å². The molecule has 2 heterocycles. The summed E-state index contributed by atoms with van der Waals surface area (Å²) in [5.41, 5.74) is 8.68. The number of nitrogen functional groups attached to an aromatic ring is 1. The average molecular weight is 428 g/mol. The number of hydrogen-bond acceptors (Lipinski definition) is 9. The van der Waals surface area contributed by atoms with Gasteiger partial charge in [0.25, 0.3) is 0 Å². The zero-order chi connectivity index (χ0) is 22.8. The summed E-state index contributed by atoms with van der Waals surface area (Å²) >= 11 is 0. The minimum atomic E-state index is -0.118.